The van der Waals surface area contributed by atoms with E-state index in [0.717, 1.165) is 0 Å². The van der Waals surface area contributed by atoms with E-state index in [2.05, 4.69) is 0 Å². The van der Waals surface area contributed by atoms with Gasteiger partial charge in [-0.15, -0.1) is 0 Å². The molecule has 1 aromatic carbocycles. The summed E-state index contributed by atoms with van der Waals surface area (Å²) in [6.07, 6.45) is 0. The van der Waals surface area contributed by atoms with Gasteiger partial charge in [-0.3, -0.25) is 4.18 Å². The summed E-state index contributed by atoms with van der Waals surface area (Å²) in [6, 6.07) is 9.13. The van der Waals surface area contributed by atoms with Crippen molar-refractivity contribution in [3.05, 3.63) is 30.3 Å². The molecule has 0 radical (unpaired) electrons. The third-order valence-corrected chi connectivity index (χ3v) is 2.27. The van der Waals surface area contributed by atoms with Gasteiger partial charge in [-0.2, -0.15) is 0 Å². The van der Waals surface area contributed by atoms with Crippen molar-refractivity contribution in [3.8, 4) is 0 Å². The van der Waals surface area contributed by atoms with Crippen LogP contribution in [0.25, 0.3) is 0 Å². The van der Waals surface area contributed by atoms with Crippen LogP contribution in [0, 0.1) is 0 Å². The third-order valence-electron chi connectivity index (χ3n) is 1.16. The quantitative estimate of drug-likeness (QED) is 0.547. The van der Waals surface area contributed by atoms with Gasteiger partial charge in [0.2, 0.25) is 0 Å². The molecule has 1 atom stereocenters. The van der Waals surface area contributed by atoms with E-state index in [1.165, 1.54) is 0 Å². The first-order chi connectivity index (χ1) is 5.34. The molecule has 0 aliphatic heterocycles. The first kappa shape index (κ1) is 11.9. The van der Waals surface area contributed by atoms with E-state index in [1.54, 1.807) is 12.1 Å². The van der Waals surface area contributed by atoms with Crippen LogP contribution in [-0.4, -0.2) is 10.8 Å². The van der Waals surface area contributed by atoms with Gasteiger partial charge in [-0.05, 0) is 19.1 Å². The van der Waals surface area contributed by atoms with Crippen LogP contribution in [-0.2, 0) is 15.3 Å². The van der Waals surface area contributed by atoms with Gasteiger partial charge in [0.05, 0.1) is 11.5 Å². The zero-order valence-electron chi connectivity index (χ0n) is 8.32. The standard InChI is InChI=1S/C8H10O2S.Li.H/c1-2-10-11(9)8-6-4-3-5-7-8;;/h3-7H,2H2,1H3;;/q;+1;-1. The van der Waals surface area contributed by atoms with Crippen LogP contribution < -0.4 is 18.9 Å². The summed E-state index contributed by atoms with van der Waals surface area (Å²) in [6.45, 7) is 2.29. The Morgan fingerprint density at radius 1 is 1.42 bits per heavy atom. The van der Waals surface area contributed by atoms with Gasteiger partial charge in [0.25, 0.3) is 0 Å². The van der Waals surface area contributed by atoms with E-state index in [0.29, 0.717) is 11.5 Å². The fraction of sp³-hybridized carbons (Fsp3) is 0.250. The maximum atomic E-state index is 11.1. The van der Waals surface area contributed by atoms with Gasteiger partial charge in [0, 0.05) is 0 Å². The Morgan fingerprint density at radius 2 is 2.00 bits per heavy atom. The topological polar surface area (TPSA) is 26.3 Å². The minimum Gasteiger partial charge on any atom is -1.00 e. The van der Waals surface area contributed by atoms with Crippen LogP contribution in [0.3, 0.4) is 0 Å². The molecule has 1 unspecified atom stereocenters. The van der Waals surface area contributed by atoms with E-state index >= 15 is 0 Å². The first-order valence-corrected chi connectivity index (χ1v) is 4.52. The van der Waals surface area contributed by atoms with Gasteiger partial charge in [0.1, 0.15) is 0 Å². The van der Waals surface area contributed by atoms with Gasteiger partial charge < -0.3 is 1.43 Å². The summed E-state index contributed by atoms with van der Waals surface area (Å²) in [4.78, 5) is 0.717. The van der Waals surface area contributed by atoms with Crippen molar-refractivity contribution in [3.63, 3.8) is 0 Å². The molecule has 0 N–H and O–H groups in total. The zero-order valence-corrected chi connectivity index (χ0v) is 8.14. The second-order valence-corrected chi connectivity index (χ2v) is 3.13. The molecule has 4 heteroatoms. The van der Waals surface area contributed by atoms with Gasteiger partial charge in [-0.1, -0.05) is 18.2 Å². The van der Waals surface area contributed by atoms with Crippen molar-refractivity contribution in [1.82, 2.24) is 0 Å². The average molecular weight is 178 g/mol. The minimum atomic E-state index is -1.28. The molecule has 12 heavy (non-hydrogen) atoms. The summed E-state index contributed by atoms with van der Waals surface area (Å²) in [5.74, 6) is 0. The fourth-order valence-electron chi connectivity index (χ4n) is 0.707. The Morgan fingerprint density at radius 3 is 2.50 bits per heavy atom. The van der Waals surface area contributed by atoms with Crippen LogP contribution in [0.15, 0.2) is 35.2 Å². The summed E-state index contributed by atoms with van der Waals surface area (Å²) < 4.78 is 16.0. The molecule has 0 amide bonds. The number of benzene rings is 1. The van der Waals surface area contributed by atoms with E-state index < -0.39 is 11.1 Å². The minimum absolute atomic E-state index is 0. The molecule has 0 saturated carbocycles. The molecule has 0 aliphatic rings. The van der Waals surface area contributed by atoms with E-state index in [1.807, 2.05) is 25.1 Å². The number of hydrogen-bond acceptors (Lipinski definition) is 2. The molecular formula is C8H11LiO2S. The van der Waals surface area contributed by atoms with Crippen molar-refractivity contribution in [1.29, 1.82) is 0 Å². The van der Waals surface area contributed by atoms with Gasteiger partial charge >= 0.3 is 18.9 Å². The average Bonchev–Trinajstić information content (AvgIpc) is 2.07. The summed E-state index contributed by atoms with van der Waals surface area (Å²) in [5, 5.41) is 0. The van der Waals surface area contributed by atoms with Gasteiger partial charge in [-0.25, -0.2) is 4.21 Å². The second-order valence-electron chi connectivity index (χ2n) is 1.95. The molecule has 62 valence electrons. The largest absolute Gasteiger partial charge is 1.00 e. The van der Waals surface area contributed by atoms with Crippen molar-refractivity contribution < 1.29 is 28.7 Å². The van der Waals surface area contributed by atoms with E-state index in [4.69, 9.17) is 4.18 Å². The normalized spacial score (nSPS) is 11.8. The van der Waals surface area contributed by atoms with Crippen LogP contribution in [0.1, 0.15) is 8.35 Å². The Kier molecular flexibility index (Phi) is 6.41. The van der Waals surface area contributed by atoms with Crippen molar-refractivity contribution >= 4 is 11.1 Å². The Balaban J connectivity index is 0. The Labute approximate surface area is 88.6 Å². The van der Waals surface area contributed by atoms with Crippen LogP contribution >= 0.6 is 0 Å². The molecule has 0 spiro atoms. The zero-order chi connectivity index (χ0) is 8.10. The first-order valence-electron chi connectivity index (χ1n) is 3.44. The molecule has 0 fully saturated rings. The van der Waals surface area contributed by atoms with Crippen LogP contribution in [0.2, 0.25) is 0 Å². The van der Waals surface area contributed by atoms with Crippen LogP contribution in [0.4, 0.5) is 0 Å². The number of rotatable bonds is 3. The van der Waals surface area contributed by atoms with E-state index in [9.17, 15) is 4.21 Å². The third kappa shape index (κ3) is 3.55. The fourth-order valence-corrected chi connectivity index (χ4v) is 1.44. The molecule has 0 heterocycles. The predicted molar refractivity (Wildman–Crippen MR) is 45.6 cm³/mol. The summed E-state index contributed by atoms with van der Waals surface area (Å²) in [7, 11) is 0. The molecule has 2 nitrogen and oxygen atoms in total. The Hall–Kier alpha value is -0.0726. The van der Waals surface area contributed by atoms with Crippen molar-refractivity contribution in [2.75, 3.05) is 6.61 Å². The van der Waals surface area contributed by atoms with Crippen LogP contribution in [0.5, 0.6) is 0 Å². The SMILES string of the molecule is CCOS(=O)c1ccccc1.[H-].[Li+]. The molecular weight excluding hydrogens is 167 g/mol. The summed E-state index contributed by atoms with van der Waals surface area (Å²) >= 11 is -1.28. The molecule has 0 saturated heterocycles. The predicted octanol–water partition coefficient (Wildman–Crippen LogP) is -1.14. The monoisotopic (exact) mass is 178 g/mol. The second kappa shape index (κ2) is 6.44. The van der Waals surface area contributed by atoms with Gasteiger partial charge in [0.15, 0.2) is 11.1 Å². The van der Waals surface area contributed by atoms with E-state index in [-0.39, 0.29) is 20.3 Å². The van der Waals surface area contributed by atoms with Crippen molar-refractivity contribution in [2.24, 2.45) is 0 Å². The Bertz CT molecular complexity index is 243. The maximum Gasteiger partial charge on any atom is 1.00 e. The molecule has 0 aromatic heterocycles. The maximum absolute atomic E-state index is 11.1. The molecule has 1 rings (SSSR count). The van der Waals surface area contributed by atoms with Crippen molar-refractivity contribution in [2.45, 2.75) is 11.8 Å². The molecule has 0 bridgehead atoms. The molecule has 0 aliphatic carbocycles. The summed E-state index contributed by atoms with van der Waals surface area (Å²) in [5.41, 5.74) is 0. The molecule has 1 aromatic rings. The smallest absolute Gasteiger partial charge is 1.00 e. The number of hydrogen-bond donors (Lipinski definition) is 0.